The Morgan fingerprint density at radius 2 is 1.89 bits per heavy atom. The maximum Gasteiger partial charge on any atom is 0.150 e. The van der Waals surface area contributed by atoms with E-state index in [9.17, 15) is 13.5 Å². The molecule has 0 aliphatic carbocycles. The first-order chi connectivity index (χ1) is 12.9. The number of benzene rings is 1. The van der Waals surface area contributed by atoms with Crippen molar-refractivity contribution in [2.45, 2.75) is 31.9 Å². The molecular weight excluding hydrogens is 362 g/mol. The van der Waals surface area contributed by atoms with Crippen molar-refractivity contribution in [1.82, 2.24) is 9.97 Å². The van der Waals surface area contributed by atoms with Crippen molar-refractivity contribution < 1.29 is 13.5 Å². The lowest BCUT2D eigenvalue weighted by Gasteiger charge is -2.24. The average Bonchev–Trinajstić information content (AvgIpc) is 3.09. The van der Waals surface area contributed by atoms with Gasteiger partial charge < -0.3 is 15.4 Å². The van der Waals surface area contributed by atoms with Crippen molar-refractivity contribution in [1.29, 1.82) is 0 Å². The number of nitrogens with one attached hydrogen (secondary N) is 2. The number of hydrogen-bond acceptors (Lipinski definition) is 5. The van der Waals surface area contributed by atoms with Gasteiger partial charge in [-0.05, 0) is 55.2 Å². The highest BCUT2D eigenvalue weighted by Gasteiger charge is 2.23. The van der Waals surface area contributed by atoms with Gasteiger partial charge in [-0.25, -0.2) is 13.4 Å². The summed E-state index contributed by atoms with van der Waals surface area (Å²) in [4.78, 5) is 7.50. The van der Waals surface area contributed by atoms with Crippen LogP contribution in [-0.4, -0.2) is 41.0 Å². The second-order valence-corrected chi connectivity index (χ2v) is 9.47. The zero-order chi connectivity index (χ0) is 19.0. The molecule has 0 saturated carbocycles. The van der Waals surface area contributed by atoms with E-state index in [1.54, 1.807) is 13.1 Å². The third kappa shape index (κ3) is 3.84. The van der Waals surface area contributed by atoms with Crippen LogP contribution in [0, 0.1) is 0 Å². The second kappa shape index (κ2) is 6.98. The number of H-pyrrole nitrogens is 1. The van der Waals surface area contributed by atoms with Crippen LogP contribution in [0.15, 0.2) is 42.6 Å². The molecule has 1 aromatic carbocycles. The van der Waals surface area contributed by atoms with E-state index in [-0.39, 0.29) is 17.5 Å². The maximum atomic E-state index is 11.5. The van der Waals surface area contributed by atoms with Crippen molar-refractivity contribution >= 4 is 26.6 Å². The summed E-state index contributed by atoms with van der Waals surface area (Å²) in [5.74, 6) is 0.522. The van der Waals surface area contributed by atoms with E-state index in [2.05, 4.69) is 15.3 Å². The molecule has 142 valence electrons. The largest absolute Gasteiger partial charge is 0.387 e. The Labute approximate surface area is 158 Å². The van der Waals surface area contributed by atoms with E-state index in [4.69, 9.17) is 0 Å². The number of fused-ring (bicyclic) bond motifs is 1. The third-order valence-corrected chi connectivity index (χ3v) is 6.84. The van der Waals surface area contributed by atoms with Crippen LogP contribution in [0.3, 0.4) is 0 Å². The number of pyridine rings is 1. The van der Waals surface area contributed by atoms with E-state index in [0.717, 1.165) is 33.5 Å². The fourth-order valence-electron chi connectivity index (χ4n) is 3.54. The highest BCUT2D eigenvalue weighted by Crippen LogP contribution is 2.30. The SMILES string of the molecule is CC(O)c1cc2c(-c3ccc(NC4CCS(=O)(=O)CC4)cc3)ccnc2[nH]1. The summed E-state index contributed by atoms with van der Waals surface area (Å²) in [6.07, 6.45) is 2.49. The van der Waals surface area contributed by atoms with Gasteiger partial charge in [0.15, 0.2) is 0 Å². The molecule has 3 aromatic rings. The van der Waals surface area contributed by atoms with Gasteiger partial charge in [0.25, 0.3) is 0 Å². The summed E-state index contributed by atoms with van der Waals surface area (Å²) >= 11 is 0. The van der Waals surface area contributed by atoms with Crippen molar-refractivity contribution in [3.8, 4) is 11.1 Å². The van der Waals surface area contributed by atoms with Crippen molar-refractivity contribution in [3.63, 3.8) is 0 Å². The Morgan fingerprint density at radius 3 is 2.56 bits per heavy atom. The Balaban J connectivity index is 1.55. The van der Waals surface area contributed by atoms with Crippen molar-refractivity contribution in [3.05, 3.63) is 48.3 Å². The van der Waals surface area contributed by atoms with Crippen LogP contribution in [-0.2, 0) is 9.84 Å². The van der Waals surface area contributed by atoms with Crippen LogP contribution in [0.25, 0.3) is 22.2 Å². The van der Waals surface area contributed by atoms with Gasteiger partial charge in [0.2, 0.25) is 0 Å². The van der Waals surface area contributed by atoms with E-state index in [0.29, 0.717) is 12.8 Å². The van der Waals surface area contributed by atoms with Crippen molar-refractivity contribution in [2.24, 2.45) is 0 Å². The summed E-state index contributed by atoms with van der Waals surface area (Å²) in [5, 5.41) is 14.2. The van der Waals surface area contributed by atoms with Crippen LogP contribution in [0.2, 0.25) is 0 Å². The molecule has 4 rings (SSSR count). The molecule has 27 heavy (non-hydrogen) atoms. The molecule has 1 aliphatic rings. The number of aliphatic hydroxyl groups is 1. The summed E-state index contributed by atoms with van der Waals surface area (Å²) in [7, 11) is -2.84. The van der Waals surface area contributed by atoms with E-state index in [1.807, 2.05) is 36.4 Å². The topological polar surface area (TPSA) is 95.1 Å². The summed E-state index contributed by atoms with van der Waals surface area (Å²) < 4.78 is 23.1. The van der Waals surface area contributed by atoms with Crippen LogP contribution in [0.5, 0.6) is 0 Å². The molecule has 2 aromatic heterocycles. The second-order valence-electron chi connectivity index (χ2n) is 7.17. The number of aromatic amines is 1. The first kappa shape index (κ1) is 18.0. The van der Waals surface area contributed by atoms with E-state index >= 15 is 0 Å². The normalized spacial score (nSPS) is 18.4. The molecule has 0 spiro atoms. The van der Waals surface area contributed by atoms with Gasteiger partial charge in [-0.3, -0.25) is 0 Å². The maximum absolute atomic E-state index is 11.5. The smallest absolute Gasteiger partial charge is 0.150 e. The molecule has 1 saturated heterocycles. The van der Waals surface area contributed by atoms with E-state index < -0.39 is 15.9 Å². The molecule has 1 fully saturated rings. The van der Waals surface area contributed by atoms with Gasteiger partial charge in [0, 0.05) is 29.0 Å². The Morgan fingerprint density at radius 1 is 1.19 bits per heavy atom. The quantitative estimate of drug-likeness (QED) is 0.641. The third-order valence-electron chi connectivity index (χ3n) is 5.12. The fraction of sp³-hybridized carbons (Fsp3) is 0.350. The van der Waals surface area contributed by atoms with Gasteiger partial charge in [-0.1, -0.05) is 12.1 Å². The average molecular weight is 385 g/mol. The first-order valence-electron chi connectivity index (χ1n) is 9.14. The van der Waals surface area contributed by atoms with Gasteiger partial charge in [-0.2, -0.15) is 0 Å². The van der Waals surface area contributed by atoms with Gasteiger partial charge in [0.1, 0.15) is 15.5 Å². The molecule has 3 N–H and O–H groups in total. The zero-order valence-electron chi connectivity index (χ0n) is 15.1. The predicted molar refractivity (Wildman–Crippen MR) is 107 cm³/mol. The lowest BCUT2D eigenvalue weighted by molar-refractivity contribution is 0.195. The minimum atomic E-state index is -2.84. The van der Waals surface area contributed by atoms with Gasteiger partial charge in [0.05, 0.1) is 17.6 Å². The molecule has 7 heteroatoms. The molecule has 6 nitrogen and oxygen atoms in total. The van der Waals surface area contributed by atoms with Gasteiger partial charge in [-0.15, -0.1) is 0 Å². The van der Waals surface area contributed by atoms with Crippen LogP contribution < -0.4 is 5.32 Å². The minimum Gasteiger partial charge on any atom is -0.387 e. The summed E-state index contributed by atoms with van der Waals surface area (Å²) in [6, 6.07) is 12.2. The van der Waals surface area contributed by atoms with Crippen LogP contribution in [0.4, 0.5) is 5.69 Å². The minimum absolute atomic E-state index is 0.199. The molecule has 1 atom stereocenters. The summed E-state index contributed by atoms with van der Waals surface area (Å²) in [5.41, 5.74) is 4.62. The molecule has 0 radical (unpaired) electrons. The molecule has 0 bridgehead atoms. The fourth-order valence-corrected chi connectivity index (χ4v) is 5.03. The number of aliphatic hydroxyl groups excluding tert-OH is 1. The monoisotopic (exact) mass is 385 g/mol. The van der Waals surface area contributed by atoms with Crippen LogP contribution in [0.1, 0.15) is 31.6 Å². The number of anilines is 1. The molecule has 0 amide bonds. The number of nitrogens with zero attached hydrogens (tertiary/aromatic N) is 1. The number of hydrogen-bond donors (Lipinski definition) is 3. The van der Waals surface area contributed by atoms with Crippen LogP contribution >= 0.6 is 0 Å². The van der Waals surface area contributed by atoms with Gasteiger partial charge >= 0.3 is 0 Å². The van der Waals surface area contributed by atoms with Crippen molar-refractivity contribution in [2.75, 3.05) is 16.8 Å². The highest BCUT2D eigenvalue weighted by atomic mass is 32.2. The summed E-state index contributed by atoms with van der Waals surface area (Å²) in [6.45, 7) is 1.72. The lowest BCUT2D eigenvalue weighted by atomic mass is 10.0. The number of sulfone groups is 1. The Hall–Kier alpha value is -2.38. The number of rotatable bonds is 4. The van der Waals surface area contributed by atoms with E-state index in [1.165, 1.54) is 0 Å². The predicted octanol–water partition coefficient (Wildman–Crippen LogP) is 3.27. The molecule has 1 unspecified atom stereocenters. The highest BCUT2D eigenvalue weighted by molar-refractivity contribution is 7.91. The first-order valence-corrected chi connectivity index (χ1v) is 11.0. The Kier molecular flexibility index (Phi) is 4.65. The standard InChI is InChI=1S/C20H23N3O3S/c1-13(24)19-12-18-17(6-9-21-20(18)23-19)14-2-4-15(5-3-14)22-16-7-10-27(25,26)11-8-16/h2-6,9,12-13,16,22,24H,7-8,10-11H2,1H3,(H,21,23). The number of aromatic nitrogens is 2. The molecule has 3 heterocycles. The molecular formula is C20H23N3O3S. The Bertz CT molecular complexity index is 1040. The molecule has 1 aliphatic heterocycles. The lowest BCUT2D eigenvalue weighted by Crippen LogP contribution is -2.32. The zero-order valence-corrected chi connectivity index (χ0v) is 16.0.